The van der Waals surface area contributed by atoms with E-state index in [1.807, 2.05) is 0 Å². The van der Waals surface area contributed by atoms with Crippen LogP contribution in [-0.4, -0.2) is 10.7 Å². The van der Waals surface area contributed by atoms with Crippen molar-refractivity contribution in [1.29, 1.82) is 10.5 Å². The minimum atomic E-state index is -1.34. The number of hydrogen-bond acceptors (Lipinski definition) is 6. The maximum Gasteiger partial charge on any atom is 0.190 e. The first-order chi connectivity index (χ1) is 6.90. The largest absolute Gasteiger partial charge is 0.337 e. The van der Waals surface area contributed by atoms with Crippen LogP contribution in [0.1, 0.15) is 6.92 Å². The predicted octanol–water partition coefficient (Wildman–Crippen LogP) is 0.613. The summed E-state index contributed by atoms with van der Waals surface area (Å²) < 4.78 is 0. The third kappa shape index (κ3) is 4.87. The quantitative estimate of drug-likeness (QED) is 0.237. The monoisotopic (exact) mass is 224 g/mol. The molecule has 0 aliphatic heterocycles. The van der Waals surface area contributed by atoms with E-state index in [0.717, 1.165) is 6.08 Å². The molecule has 80 valence electrons. The summed E-state index contributed by atoms with van der Waals surface area (Å²) >= 11 is 0.682. The summed E-state index contributed by atoms with van der Waals surface area (Å²) in [5.41, 5.74) is 10.2. The number of nitrogens with two attached hydrogens (primary N) is 2. The molecule has 4 N–H and O–H groups in total. The average Bonchev–Trinajstić information content (AvgIpc) is 2.17. The predicted molar refractivity (Wildman–Crippen MR) is 59.9 cm³/mol. The van der Waals surface area contributed by atoms with Gasteiger partial charge in [0.15, 0.2) is 16.8 Å². The summed E-state index contributed by atoms with van der Waals surface area (Å²) in [7, 11) is 0. The number of carbonyl (C=O) groups excluding carboxylic acids is 1. The maximum absolute atomic E-state index is 11.2. The van der Waals surface area contributed by atoms with Crippen molar-refractivity contribution >= 4 is 17.5 Å². The van der Waals surface area contributed by atoms with E-state index in [-0.39, 0.29) is 0 Å². The highest BCUT2D eigenvalue weighted by Crippen LogP contribution is 2.26. The van der Waals surface area contributed by atoms with Gasteiger partial charge in [0.2, 0.25) is 0 Å². The van der Waals surface area contributed by atoms with Crippen molar-refractivity contribution in [3.05, 3.63) is 24.8 Å². The van der Waals surface area contributed by atoms with E-state index in [4.69, 9.17) is 16.3 Å². The normalized spacial score (nSPS) is 11.7. The lowest BCUT2D eigenvalue weighted by Crippen LogP contribution is -2.44. The first-order valence-corrected chi connectivity index (χ1v) is 4.50. The topological polar surface area (TPSA) is 117 Å². The molecule has 0 saturated carbocycles. The zero-order valence-corrected chi connectivity index (χ0v) is 9.17. The molecule has 0 aliphatic carbocycles. The summed E-state index contributed by atoms with van der Waals surface area (Å²) in [6, 6.07) is 0. The van der Waals surface area contributed by atoms with Crippen LogP contribution in [0.2, 0.25) is 0 Å². The standard InChI is InChI=1S/C8H10N2OS.CH2N2/c1-4-7(11)8(10,6(2)3)12-5-9;2-1-3/h4H,1-2,10H2,3H3;2H2. The van der Waals surface area contributed by atoms with Gasteiger partial charge in [-0.05, 0) is 30.3 Å². The van der Waals surface area contributed by atoms with Crippen LogP contribution in [0.15, 0.2) is 24.8 Å². The molecule has 6 heteroatoms. The van der Waals surface area contributed by atoms with E-state index in [1.165, 1.54) is 6.19 Å². The lowest BCUT2D eigenvalue weighted by atomic mass is 10.1. The zero-order valence-electron chi connectivity index (χ0n) is 8.36. The Bertz CT molecular complexity index is 339. The van der Waals surface area contributed by atoms with Crippen LogP contribution < -0.4 is 11.5 Å². The van der Waals surface area contributed by atoms with Crippen LogP contribution in [-0.2, 0) is 4.79 Å². The van der Waals surface area contributed by atoms with Crippen molar-refractivity contribution in [1.82, 2.24) is 0 Å². The van der Waals surface area contributed by atoms with Crippen LogP contribution in [0.5, 0.6) is 0 Å². The van der Waals surface area contributed by atoms with Gasteiger partial charge in [-0.2, -0.15) is 10.5 Å². The smallest absolute Gasteiger partial charge is 0.190 e. The second-order valence-electron chi connectivity index (χ2n) is 2.41. The molecular formula is C9H12N4OS. The van der Waals surface area contributed by atoms with Crippen molar-refractivity contribution in [3.8, 4) is 11.6 Å². The number of nitriles is 2. The fourth-order valence-electron chi connectivity index (χ4n) is 0.571. The Hall–Kier alpha value is -1.76. The molecule has 0 amide bonds. The minimum Gasteiger partial charge on any atom is -0.337 e. The molecule has 0 aromatic rings. The zero-order chi connectivity index (χ0) is 12.5. The fraction of sp³-hybridized carbons (Fsp3) is 0.222. The highest BCUT2D eigenvalue weighted by atomic mass is 32.2. The molecule has 0 aromatic heterocycles. The summed E-state index contributed by atoms with van der Waals surface area (Å²) in [5.74, 6) is -0.401. The number of nitrogens with zero attached hydrogens (tertiary/aromatic N) is 2. The molecule has 15 heavy (non-hydrogen) atoms. The maximum atomic E-state index is 11.2. The SMILES string of the molecule is C=CC(=O)C(N)(SC#N)C(=C)C.N#CN. The first kappa shape index (κ1) is 15.7. The summed E-state index contributed by atoms with van der Waals surface area (Å²) in [5, 5.41) is 17.3. The molecule has 5 nitrogen and oxygen atoms in total. The number of thiocyanates is 1. The molecule has 0 radical (unpaired) electrons. The van der Waals surface area contributed by atoms with Gasteiger partial charge in [0, 0.05) is 0 Å². The molecule has 0 fully saturated rings. The number of thioether (sulfide) groups is 1. The Kier molecular flexibility index (Phi) is 7.98. The van der Waals surface area contributed by atoms with E-state index >= 15 is 0 Å². The van der Waals surface area contributed by atoms with E-state index < -0.39 is 10.7 Å². The van der Waals surface area contributed by atoms with E-state index in [2.05, 4.69) is 18.9 Å². The Morgan fingerprint density at radius 3 is 2.20 bits per heavy atom. The fourth-order valence-corrected chi connectivity index (χ4v) is 1.07. The Balaban J connectivity index is 0. The average molecular weight is 224 g/mol. The molecule has 0 bridgehead atoms. The van der Waals surface area contributed by atoms with Gasteiger partial charge >= 0.3 is 0 Å². The van der Waals surface area contributed by atoms with Gasteiger partial charge in [-0.3, -0.25) is 4.79 Å². The van der Waals surface area contributed by atoms with Gasteiger partial charge in [0.25, 0.3) is 0 Å². The van der Waals surface area contributed by atoms with E-state index in [0.29, 0.717) is 17.3 Å². The molecule has 0 rings (SSSR count). The van der Waals surface area contributed by atoms with Crippen LogP contribution in [0, 0.1) is 22.1 Å². The number of rotatable bonds is 4. The van der Waals surface area contributed by atoms with Crippen LogP contribution in [0.25, 0.3) is 0 Å². The van der Waals surface area contributed by atoms with E-state index in [1.54, 1.807) is 12.3 Å². The van der Waals surface area contributed by atoms with Crippen molar-refractivity contribution < 1.29 is 4.79 Å². The van der Waals surface area contributed by atoms with Gasteiger partial charge < -0.3 is 11.5 Å². The Labute approximate surface area is 93.0 Å². The van der Waals surface area contributed by atoms with E-state index in [9.17, 15) is 4.79 Å². The van der Waals surface area contributed by atoms with Gasteiger partial charge in [-0.25, -0.2) is 0 Å². The summed E-state index contributed by atoms with van der Waals surface area (Å²) in [6.45, 7) is 8.45. The lowest BCUT2D eigenvalue weighted by molar-refractivity contribution is -0.115. The third-order valence-corrected chi connectivity index (χ3v) is 2.36. The molecule has 0 aromatic carbocycles. The van der Waals surface area contributed by atoms with Crippen molar-refractivity contribution in [2.45, 2.75) is 11.8 Å². The van der Waals surface area contributed by atoms with Gasteiger partial charge in [0.05, 0.1) is 0 Å². The Morgan fingerprint density at radius 2 is 2.00 bits per heavy atom. The van der Waals surface area contributed by atoms with Crippen LogP contribution in [0.4, 0.5) is 0 Å². The van der Waals surface area contributed by atoms with Gasteiger partial charge in [0.1, 0.15) is 5.40 Å². The van der Waals surface area contributed by atoms with Gasteiger partial charge in [-0.1, -0.05) is 13.2 Å². The van der Waals surface area contributed by atoms with Crippen molar-refractivity contribution in [3.63, 3.8) is 0 Å². The van der Waals surface area contributed by atoms with Crippen molar-refractivity contribution in [2.75, 3.05) is 0 Å². The second-order valence-corrected chi connectivity index (χ2v) is 3.44. The first-order valence-electron chi connectivity index (χ1n) is 3.69. The molecule has 1 atom stereocenters. The highest BCUT2D eigenvalue weighted by molar-refractivity contribution is 8.05. The number of hydrogen-bond donors (Lipinski definition) is 2. The van der Waals surface area contributed by atoms with Crippen molar-refractivity contribution in [2.24, 2.45) is 11.5 Å². The molecule has 0 aliphatic rings. The molecular weight excluding hydrogens is 212 g/mol. The third-order valence-electron chi connectivity index (χ3n) is 1.39. The molecule has 1 unspecified atom stereocenters. The Morgan fingerprint density at radius 1 is 1.60 bits per heavy atom. The lowest BCUT2D eigenvalue weighted by Gasteiger charge is -2.22. The molecule has 0 heterocycles. The number of carbonyl (C=O) groups is 1. The van der Waals surface area contributed by atoms with Crippen LogP contribution >= 0.6 is 11.8 Å². The minimum absolute atomic E-state index is 0.401. The summed E-state index contributed by atoms with van der Waals surface area (Å²) in [4.78, 5) is 9.85. The molecule has 0 saturated heterocycles. The van der Waals surface area contributed by atoms with Gasteiger partial charge in [-0.15, -0.1) is 0 Å². The molecule has 0 spiro atoms. The summed E-state index contributed by atoms with van der Waals surface area (Å²) in [6.07, 6.45) is 2.35. The highest BCUT2D eigenvalue weighted by Gasteiger charge is 2.33. The number of ketones is 1. The van der Waals surface area contributed by atoms with Crippen LogP contribution in [0.3, 0.4) is 0 Å². The second kappa shape index (κ2) is 7.63.